The minimum absolute atomic E-state index is 0.0627. The Kier molecular flexibility index (Phi) is 7.84. The lowest BCUT2D eigenvalue weighted by Gasteiger charge is -2.23. The summed E-state index contributed by atoms with van der Waals surface area (Å²) in [6.45, 7) is 0.983. The molecule has 3 rings (SSSR count). The van der Waals surface area contributed by atoms with E-state index >= 15 is 0 Å². The highest BCUT2D eigenvalue weighted by Crippen LogP contribution is 2.22. The third-order valence-corrected chi connectivity index (χ3v) is 4.73. The van der Waals surface area contributed by atoms with Gasteiger partial charge in [-0.2, -0.15) is 0 Å². The van der Waals surface area contributed by atoms with Crippen molar-refractivity contribution in [1.29, 1.82) is 0 Å². The maximum absolute atomic E-state index is 12.5. The number of hydrogen-bond donors (Lipinski definition) is 1. The Morgan fingerprint density at radius 2 is 1.52 bits per heavy atom. The molecule has 29 heavy (non-hydrogen) atoms. The minimum atomic E-state index is -0.141. The van der Waals surface area contributed by atoms with E-state index in [4.69, 9.17) is 9.84 Å². The number of aliphatic hydroxyl groups is 1. The smallest absolute Gasteiger partial charge is 0.229 e. The zero-order chi connectivity index (χ0) is 20.3. The molecule has 0 fully saturated rings. The first-order valence-corrected chi connectivity index (χ1v) is 9.99. The van der Waals surface area contributed by atoms with Gasteiger partial charge in [-0.15, -0.1) is 0 Å². The third-order valence-electron chi connectivity index (χ3n) is 4.73. The largest absolute Gasteiger partial charge is 0.489 e. The standard InChI is InChI=1S/C25H27NO3/c27-19-17-25(28)26(23-14-5-2-6-15-23)18-9-13-22-12-7-8-16-24(22)29-20-21-10-3-1-4-11-21/h1-8,10-12,14-16,27H,9,13,17-20H2. The fourth-order valence-electron chi connectivity index (χ4n) is 3.25. The summed E-state index contributed by atoms with van der Waals surface area (Å²) in [6, 6.07) is 27.8. The Morgan fingerprint density at radius 3 is 2.24 bits per heavy atom. The van der Waals surface area contributed by atoms with Crippen molar-refractivity contribution in [2.24, 2.45) is 0 Å². The van der Waals surface area contributed by atoms with E-state index in [1.165, 1.54) is 0 Å². The molecule has 0 spiro atoms. The van der Waals surface area contributed by atoms with Crippen LogP contribution in [0, 0.1) is 0 Å². The average Bonchev–Trinajstić information content (AvgIpc) is 2.77. The number of rotatable bonds is 10. The highest BCUT2D eigenvalue weighted by molar-refractivity contribution is 5.93. The fourth-order valence-corrected chi connectivity index (χ4v) is 3.25. The summed E-state index contributed by atoms with van der Waals surface area (Å²) in [4.78, 5) is 14.2. The van der Waals surface area contributed by atoms with Crippen molar-refractivity contribution in [2.75, 3.05) is 18.1 Å². The number of hydrogen-bond acceptors (Lipinski definition) is 3. The lowest BCUT2D eigenvalue weighted by molar-refractivity contribution is -0.119. The number of aryl methyl sites for hydroxylation is 1. The fraction of sp³-hybridized carbons (Fsp3) is 0.240. The highest BCUT2D eigenvalue weighted by atomic mass is 16.5. The molecule has 1 N–H and O–H groups in total. The van der Waals surface area contributed by atoms with Crippen LogP contribution in [-0.2, 0) is 17.8 Å². The van der Waals surface area contributed by atoms with E-state index in [9.17, 15) is 4.79 Å². The molecule has 0 aliphatic heterocycles. The number of carbonyl (C=O) groups excluding carboxylic acids is 1. The van der Waals surface area contributed by atoms with Gasteiger partial charge in [0.1, 0.15) is 12.4 Å². The summed E-state index contributed by atoms with van der Waals surface area (Å²) >= 11 is 0. The molecule has 3 aromatic carbocycles. The van der Waals surface area contributed by atoms with Crippen LogP contribution in [-0.4, -0.2) is 24.2 Å². The molecule has 150 valence electrons. The van der Waals surface area contributed by atoms with Gasteiger partial charge in [-0.1, -0.05) is 66.7 Å². The van der Waals surface area contributed by atoms with Crippen LogP contribution in [0.1, 0.15) is 24.0 Å². The Labute approximate surface area is 172 Å². The molecule has 4 nitrogen and oxygen atoms in total. The normalized spacial score (nSPS) is 10.5. The molecule has 4 heteroatoms. The first-order chi connectivity index (χ1) is 14.3. The first kappa shape index (κ1) is 20.6. The van der Waals surface area contributed by atoms with E-state index in [2.05, 4.69) is 6.07 Å². The Morgan fingerprint density at radius 1 is 0.862 bits per heavy atom. The van der Waals surface area contributed by atoms with Crippen molar-refractivity contribution in [3.05, 3.63) is 96.1 Å². The van der Waals surface area contributed by atoms with Gasteiger partial charge in [-0.3, -0.25) is 4.79 Å². The lowest BCUT2D eigenvalue weighted by atomic mass is 10.1. The number of carbonyl (C=O) groups is 1. The molecule has 0 aliphatic carbocycles. The number of benzene rings is 3. The summed E-state index contributed by atoms with van der Waals surface area (Å²) in [5.41, 5.74) is 3.12. The molecule has 0 saturated heterocycles. The summed E-state index contributed by atoms with van der Waals surface area (Å²) in [7, 11) is 0. The maximum Gasteiger partial charge on any atom is 0.229 e. The number of ether oxygens (including phenoxy) is 1. The molecule has 0 unspecified atom stereocenters. The number of anilines is 1. The maximum atomic E-state index is 12.5. The second-order valence-corrected chi connectivity index (χ2v) is 6.84. The van der Waals surface area contributed by atoms with Gasteiger partial charge in [0.05, 0.1) is 13.0 Å². The third kappa shape index (κ3) is 6.19. The molecular weight excluding hydrogens is 362 g/mol. The van der Waals surface area contributed by atoms with E-state index < -0.39 is 0 Å². The predicted octanol–water partition coefficient (Wildman–Crippen LogP) is 4.61. The van der Waals surface area contributed by atoms with Gasteiger partial charge in [-0.05, 0) is 42.2 Å². The molecular formula is C25H27NO3. The Balaban J connectivity index is 1.62. The van der Waals surface area contributed by atoms with Gasteiger partial charge in [0, 0.05) is 12.2 Å². The monoisotopic (exact) mass is 389 g/mol. The summed E-state index contributed by atoms with van der Waals surface area (Å²) in [5, 5.41) is 9.16. The van der Waals surface area contributed by atoms with Crippen LogP contribution in [0.3, 0.4) is 0 Å². The van der Waals surface area contributed by atoms with Gasteiger partial charge in [-0.25, -0.2) is 0 Å². The molecule has 0 bridgehead atoms. The van der Waals surface area contributed by atoms with E-state index in [0.717, 1.165) is 35.4 Å². The van der Waals surface area contributed by atoms with E-state index in [-0.39, 0.29) is 18.9 Å². The van der Waals surface area contributed by atoms with Gasteiger partial charge in [0.25, 0.3) is 0 Å². The predicted molar refractivity (Wildman–Crippen MR) is 116 cm³/mol. The van der Waals surface area contributed by atoms with Gasteiger partial charge in [0.15, 0.2) is 0 Å². The minimum Gasteiger partial charge on any atom is -0.489 e. The van der Waals surface area contributed by atoms with E-state index in [1.807, 2.05) is 78.9 Å². The second-order valence-electron chi connectivity index (χ2n) is 6.84. The topological polar surface area (TPSA) is 49.8 Å². The van der Waals surface area contributed by atoms with E-state index in [1.54, 1.807) is 4.90 Å². The van der Waals surface area contributed by atoms with Crippen molar-refractivity contribution in [1.82, 2.24) is 0 Å². The Bertz CT molecular complexity index is 881. The average molecular weight is 389 g/mol. The summed E-state index contributed by atoms with van der Waals surface area (Å²) in [5.74, 6) is 0.816. The summed E-state index contributed by atoms with van der Waals surface area (Å²) < 4.78 is 6.04. The van der Waals surface area contributed by atoms with Crippen LogP contribution in [0.4, 0.5) is 5.69 Å². The van der Waals surface area contributed by atoms with Crippen LogP contribution in [0.15, 0.2) is 84.9 Å². The van der Waals surface area contributed by atoms with Crippen LogP contribution in [0.5, 0.6) is 5.75 Å². The van der Waals surface area contributed by atoms with Gasteiger partial charge >= 0.3 is 0 Å². The van der Waals surface area contributed by atoms with Crippen LogP contribution in [0.2, 0.25) is 0 Å². The Hall–Kier alpha value is -3.11. The molecule has 0 saturated carbocycles. The van der Waals surface area contributed by atoms with Crippen LogP contribution < -0.4 is 9.64 Å². The van der Waals surface area contributed by atoms with Crippen molar-refractivity contribution in [3.8, 4) is 5.75 Å². The molecule has 0 heterocycles. The van der Waals surface area contributed by atoms with Crippen LogP contribution in [0.25, 0.3) is 0 Å². The SMILES string of the molecule is O=C(CCO)N(CCCc1ccccc1OCc1ccccc1)c1ccccc1. The number of aliphatic hydroxyl groups excluding tert-OH is 1. The zero-order valence-electron chi connectivity index (χ0n) is 16.5. The number of amides is 1. The zero-order valence-corrected chi connectivity index (χ0v) is 16.5. The lowest BCUT2D eigenvalue weighted by Crippen LogP contribution is -2.32. The molecule has 0 aromatic heterocycles. The first-order valence-electron chi connectivity index (χ1n) is 9.99. The second kappa shape index (κ2) is 11.0. The van der Waals surface area contributed by atoms with Crippen molar-refractivity contribution in [2.45, 2.75) is 25.9 Å². The number of para-hydroxylation sites is 2. The van der Waals surface area contributed by atoms with Crippen LogP contribution >= 0.6 is 0 Å². The van der Waals surface area contributed by atoms with Crippen molar-refractivity contribution in [3.63, 3.8) is 0 Å². The summed E-state index contributed by atoms with van der Waals surface area (Å²) in [6.07, 6.45) is 1.74. The molecule has 0 aliphatic rings. The van der Waals surface area contributed by atoms with Gasteiger partial charge in [0.2, 0.25) is 5.91 Å². The van der Waals surface area contributed by atoms with Gasteiger partial charge < -0.3 is 14.7 Å². The molecule has 0 radical (unpaired) electrons. The highest BCUT2D eigenvalue weighted by Gasteiger charge is 2.15. The quantitative estimate of drug-likeness (QED) is 0.551. The van der Waals surface area contributed by atoms with Crippen molar-refractivity contribution < 1.29 is 14.6 Å². The molecule has 0 atom stereocenters. The van der Waals surface area contributed by atoms with E-state index in [0.29, 0.717) is 13.2 Å². The van der Waals surface area contributed by atoms with Crippen molar-refractivity contribution >= 4 is 11.6 Å². The molecule has 3 aromatic rings. The molecule has 1 amide bonds. The number of nitrogens with zero attached hydrogens (tertiary/aromatic N) is 1.